The van der Waals surface area contributed by atoms with Crippen LogP contribution in [-0.2, 0) is 4.79 Å². The summed E-state index contributed by atoms with van der Waals surface area (Å²) in [7, 11) is 0. The van der Waals surface area contributed by atoms with Gasteiger partial charge in [-0.05, 0) is 78.5 Å². The van der Waals surface area contributed by atoms with Crippen LogP contribution in [0.25, 0.3) is 11.1 Å². The first-order valence-corrected chi connectivity index (χ1v) is 12.8. The Labute approximate surface area is 211 Å². The Morgan fingerprint density at radius 2 is 1.74 bits per heavy atom. The molecule has 3 aromatic carbocycles. The minimum atomic E-state index is -0.674. The highest BCUT2D eigenvalue weighted by molar-refractivity contribution is 6.33. The number of aliphatic carboxylic acids is 1. The normalized spacial score (nSPS) is 19.5. The van der Waals surface area contributed by atoms with Gasteiger partial charge in [-0.2, -0.15) is 0 Å². The molecule has 1 aliphatic heterocycles. The fourth-order valence-corrected chi connectivity index (χ4v) is 5.50. The molecule has 0 spiro atoms. The summed E-state index contributed by atoms with van der Waals surface area (Å²) in [5.74, 6) is 1.08. The Bertz CT molecular complexity index is 1170. The van der Waals surface area contributed by atoms with E-state index in [0.717, 1.165) is 54.9 Å². The summed E-state index contributed by atoms with van der Waals surface area (Å²) in [5, 5.41) is 13.2. The summed E-state index contributed by atoms with van der Waals surface area (Å²) >= 11 is 6.29. The van der Waals surface area contributed by atoms with Crippen LogP contribution < -0.4 is 15.0 Å². The molecule has 0 aromatic heterocycles. The van der Waals surface area contributed by atoms with E-state index in [1.54, 1.807) is 0 Å². The maximum absolute atomic E-state index is 11.0. The number of fused-ring (bicyclic) bond motifs is 1. The largest absolute Gasteiger partial charge is 0.490 e. The van der Waals surface area contributed by atoms with Crippen molar-refractivity contribution in [2.24, 2.45) is 5.92 Å². The van der Waals surface area contributed by atoms with Gasteiger partial charge in [0, 0.05) is 6.42 Å². The predicted molar refractivity (Wildman–Crippen MR) is 142 cm³/mol. The average Bonchev–Trinajstić information content (AvgIpc) is 2.88. The molecular formula is C29H31ClN2O3. The van der Waals surface area contributed by atoms with Crippen molar-refractivity contribution in [1.29, 1.82) is 0 Å². The van der Waals surface area contributed by atoms with E-state index in [1.165, 1.54) is 11.1 Å². The van der Waals surface area contributed by atoms with Crippen LogP contribution >= 0.6 is 11.6 Å². The maximum atomic E-state index is 11.0. The number of nitrogens with zero attached hydrogens (tertiary/aromatic N) is 1. The van der Waals surface area contributed by atoms with E-state index >= 15 is 0 Å². The Morgan fingerprint density at radius 1 is 1.00 bits per heavy atom. The number of carbonyl (C=O) groups is 1. The summed E-state index contributed by atoms with van der Waals surface area (Å²) in [5.41, 5.74) is 5.67. The lowest BCUT2D eigenvalue weighted by Gasteiger charge is -2.32. The van der Waals surface area contributed by atoms with Crippen LogP contribution in [-0.4, -0.2) is 30.9 Å². The van der Waals surface area contributed by atoms with Gasteiger partial charge in [0.25, 0.3) is 0 Å². The topological polar surface area (TPSA) is 61.8 Å². The van der Waals surface area contributed by atoms with E-state index in [2.05, 4.69) is 52.7 Å². The molecule has 2 N–H and O–H groups in total. The Morgan fingerprint density at radius 3 is 2.49 bits per heavy atom. The zero-order valence-corrected chi connectivity index (χ0v) is 20.5. The molecular weight excluding hydrogens is 460 g/mol. The summed E-state index contributed by atoms with van der Waals surface area (Å²) in [4.78, 5) is 13.3. The second-order valence-electron chi connectivity index (χ2n) is 9.55. The van der Waals surface area contributed by atoms with Crippen LogP contribution in [0.4, 0.5) is 11.4 Å². The van der Waals surface area contributed by atoms with Gasteiger partial charge >= 0.3 is 5.97 Å². The van der Waals surface area contributed by atoms with Crippen molar-refractivity contribution in [2.45, 2.75) is 38.0 Å². The molecule has 0 atom stereocenters. The number of halogens is 1. The molecule has 2 aliphatic rings. The smallest absolute Gasteiger partial charge is 0.303 e. The zero-order chi connectivity index (χ0) is 24.2. The molecule has 0 radical (unpaired) electrons. The Balaban J connectivity index is 1.24. The van der Waals surface area contributed by atoms with Gasteiger partial charge in [0.2, 0.25) is 0 Å². The third-order valence-electron chi connectivity index (χ3n) is 7.28. The molecule has 182 valence electrons. The van der Waals surface area contributed by atoms with Crippen molar-refractivity contribution < 1.29 is 14.6 Å². The van der Waals surface area contributed by atoms with Gasteiger partial charge < -0.3 is 20.1 Å². The molecule has 5 rings (SSSR count). The van der Waals surface area contributed by atoms with Crippen molar-refractivity contribution in [2.75, 3.05) is 30.0 Å². The van der Waals surface area contributed by atoms with Crippen molar-refractivity contribution in [3.8, 4) is 16.9 Å². The lowest BCUT2D eigenvalue weighted by Crippen LogP contribution is -2.36. The second kappa shape index (κ2) is 10.6. The number of ether oxygens (including phenoxy) is 1. The fraction of sp³-hybridized carbons (Fsp3) is 0.345. The highest BCUT2D eigenvalue weighted by atomic mass is 35.5. The van der Waals surface area contributed by atoms with E-state index in [9.17, 15) is 4.79 Å². The highest BCUT2D eigenvalue weighted by Gasteiger charge is 2.24. The van der Waals surface area contributed by atoms with Crippen molar-refractivity contribution >= 4 is 28.9 Å². The zero-order valence-electron chi connectivity index (χ0n) is 19.8. The van der Waals surface area contributed by atoms with Crippen molar-refractivity contribution in [1.82, 2.24) is 0 Å². The first-order valence-electron chi connectivity index (χ1n) is 12.4. The number of hydrogen-bond acceptors (Lipinski definition) is 4. The van der Waals surface area contributed by atoms with Gasteiger partial charge in [-0.1, -0.05) is 54.1 Å². The standard InChI is InChI=1S/C29H31ClN2O3/c30-25-3-1-2-4-26(25)31-19-32-15-16-35-28-18-24(13-14-27(28)32)23-11-9-22(10-12-23)21-7-5-20(6-8-21)17-29(33)34/h1-4,9-14,18,20-21,31H,5-8,15-17,19H2,(H,33,34). The summed E-state index contributed by atoms with van der Waals surface area (Å²) < 4.78 is 6.01. The molecule has 0 amide bonds. The molecule has 1 fully saturated rings. The minimum Gasteiger partial charge on any atom is -0.490 e. The van der Waals surface area contributed by atoms with Gasteiger partial charge in [-0.3, -0.25) is 4.79 Å². The number of benzene rings is 3. The van der Waals surface area contributed by atoms with Crippen LogP contribution in [0.3, 0.4) is 0 Å². The van der Waals surface area contributed by atoms with Crippen LogP contribution in [0.5, 0.6) is 5.75 Å². The van der Waals surface area contributed by atoms with Gasteiger partial charge in [-0.15, -0.1) is 0 Å². The summed E-state index contributed by atoms with van der Waals surface area (Å²) in [6, 6.07) is 23.1. The molecule has 0 unspecified atom stereocenters. The van der Waals surface area contributed by atoms with Crippen molar-refractivity contribution in [3.05, 3.63) is 77.3 Å². The van der Waals surface area contributed by atoms with Gasteiger partial charge in [0.1, 0.15) is 12.4 Å². The highest BCUT2D eigenvalue weighted by Crippen LogP contribution is 2.39. The lowest BCUT2D eigenvalue weighted by molar-refractivity contribution is -0.138. The third-order valence-corrected chi connectivity index (χ3v) is 7.61. The third kappa shape index (κ3) is 5.57. The predicted octanol–water partition coefficient (Wildman–Crippen LogP) is 7.02. The van der Waals surface area contributed by atoms with E-state index in [4.69, 9.17) is 21.4 Å². The first kappa shape index (κ1) is 23.6. The number of anilines is 2. The molecule has 1 aliphatic carbocycles. The maximum Gasteiger partial charge on any atom is 0.303 e. The Hall–Kier alpha value is -3.18. The number of carboxylic acid groups (broad SMARTS) is 1. The van der Waals surface area contributed by atoms with Crippen LogP contribution in [0.15, 0.2) is 66.7 Å². The summed E-state index contributed by atoms with van der Waals surface area (Å²) in [6.07, 6.45) is 4.45. The molecule has 1 saturated carbocycles. The average molecular weight is 491 g/mol. The van der Waals surface area contributed by atoms with Gasteiger partial charge in [0.15, 0.2) is 0 Å². The van der Waals surface area contributed by atoms with E-state index in [0.29, 0.717) is 36.6 Å². The fourth-order valence-electron chi connectivity index (χ4n) is 5.30. The van der Waals surface area contributed by atoms with E-state index in [1.807, 2.05) is 24.3 Å². The van der Waals surface area contributed by atoms with Crippen LogP contribution in [0.1, 0.15) is 43.6 Å². The first-order chi connectivity index (χ1) is 17.1. The van der Waals surface area contributed by atoms with E-state index < -0.39 is 5.97 Å². The van der Waals surface area contributed by atoms with E-state index in [-0.39, 0.29) is 0 Å². The van der Waals surface area contributed by atoms with Gasteiger partial charge in [0.05, 0.1) is 29.6 Å². The number of nitrogens with one attached hydrogen (secondary N) is 1. The number of carboxylic acids is 1. The molecule has 35 heavy (non-hydrogen) atoms. The quantitative estimate of drug-likeness (QED) is 0.372. The number of hydrogen-bond donors (Lipinski definition) is 2. The summed E-state index contributed by atoms with van der Waals surface area (Å²) in [6.45, 7) is 2.11. The number of rotatable bonds is 7. The molecule has 0 bridgehead atoms. The van der Waals surface area contributed by atoms with Crippen LogP contribution in [0, 0.1) is 5.92 Å². The molecule has 3 aromatic rings. The minimum absolute atomic E-state index is 0.305. The van der Waals surface area contributed by atoms with Gasteiger partial charge in [-0.25, -0.2) is 0 Å². The monoisotopic (exact) mass is 490 g/mol. The second-order valence-corrected chi connectivity index (χ2v) is 9.95. The van der Waals surface area contributed by atoms with Crippen molar-refractivity contribution in [3.63, 3.8) is 0 Å². The molecule has 1 heterocycles. The number of para-hydroxylation sites is 1. The SMILES string of the molecule is O=C(O)CC1CCC(c2ccc(-c3ccc4c(c3)OCCN4CNc3ccccc3Cl)cc2)CC1. The molecule has 5 nitrogen and oxygen atoms in total. The Kier molecular flexibility index (Phi) is 7.14. The van der Waals surface area contributed by atoms with Crippen LogP contribution in [0.2, 0.25) is 5.02 Å². The molecule has 0 saturated heterocycles. The lowest BCUT2D eigenvalue weighted by atomic mass is 9.77. The molecule has 6 heteroatoms.